The van der Waals surface area contributed by atoms with Gasteiger partial charge in [0.15, 0.2) is 15.1 Å². The molecule has 1 aliphatic rings. The number of nitrogens with one attached hydrogen (secondary N) is 1. The van der Waals surface area contributed by atoms with E-state index in [-0.39, 0.29) is 16.7 Å². The van der Waals surface area contributed by atoms with Crippen molar-refractivity contribution in [3.8, 4) is 0 Å². The number of ether oxygens (including phenoxy) is 1. The van der Waals surface area contributed by atoms with Gasteiger partial charge in [-0.2, -0.15) is 0 Å². The second-order valence-corrected chi connectivity index (χ2v) is 7.87. The van der Waals surface area contributed by atoms with Crippen molar-refractivity contribution in [2.75, 3.05) is 13.2 Å². The Bertz CT molecular complexity index is 772. The Hall–Kier alpha value is -0.710. The van der Waals surface area contributed by atoms with E-state index in [1.54, 1.807) is 18.5 Å². The van der Waals surface area contributed by atoms with Crippen LogP contribution >= 0.6 is 22.9 Å². The van der Waals surface area contributed by atoms with Crippen molar-refractivity contribution >= 4 is 37.9 Å². The second kappa shape index (κ2) is 5.18. The van der Waals surface area contributed by atoms with Gasteiger partial charge in [0.25, 0.3) is 10.0 Å². The first-order valence-electron chi connectivity index (χ1n) is 6.28. The summed E-state index contributed by atoms with van der Waals surface area (Å²) in [5.41, 5.74) is -1.21. The molecule has 2 atom stereocenters. The van der Waals surface area contributed by atoms with Gasteiger partial charge in [0, 0.05) is 31.1 Å². The van der Waals surface area contributed by atoms with Gasteiger partial charge in [0.05, 0.1) is 6.10 Å². The van der Waals surface area contributed by atoms with E-state index in [2.05, 4.69) is 9.71 Å². The van der Waals surface area contributed by atoms with Crippen molar-refractivity contribution < 1.29 is 18.3 Å². The number of aliphatic hydroxyl groups is 1. The fraction of sp³-hybridized carbons (Fsp3) is 0.545. The third-order valence-corrected chi connectivity index (χ3v) is 6.22. The van der Waals surface area contributed by atoms with Gasteiger partial charge in [-0.1, -0.05) is 11.6 Å². The van der Waals surface area contributed by atoms with Crippen molar-refractivity contribution in [3.63, 3.8) is 0 Å². The molecule has 2 aromatic heterocycles. The molecule has 0 amide bonds. The Balaban J connectivity index is 1.87. The second-order valence-electron chi connectivity index (χ2n) is 4.95. The number of aromatic nitrogens is 2. The van der Waals surface area contributed by atoms with E-state index in [1.165, 1.54) is 15.7 Å². The summed E-state index contributed by atoms with van der Waals surface area (Å²) in [4.78, 5) is 4.49. The van der Waals surface area contributed by atoms with Crippen LogP contribution in [0.5, 0.6) is 0 Å². The number of halogens is 1. The molecule has 116 valence electrons. The predicted molar refractivity (Wildman–Crippen MR) is 78.2 cm³/mol. The minimum absolute atomic E-state index is 0.0861. The number of nitrogens with zero attached hydrogens (tertiary/aromatic N) is 2. The first-order valence-corrected chi connectivity index (χ1v) is 9.02. The summed E-state index contributed by atoms with van der Waals surface area (Å²) < 4.78 is 33.9. The maximum Gasteiger partial charge on any atom is 0.259 e. The van der Waals surface area contributed by atoms with E-state index in [9.17, 15) is 13.5 Å². The highest BCUT2D eigenvalue weighted by Crippen LogP contribution is 2.28. The smallest absolute Gasteiger partial charge is 0.259 e. The molecule has 2 aromatic rings. The molecule has 2 N–H and O–H groups in total. The summed E-state index contributed by atoms with van der Waals surface area (Å²) in [6.45, 7) is 1.98. The fourth-order valence-electron chi connectivity index (χ4n) is 2.27. The number of hydrogen-bond acceptors (Lipinski definition) is 6. The predicted octanol–water partition coefficient (Wildman–Crippen LogP) is 0.867. The monoisotopic (exact) mass is 351 g/mol. The summed E-state index contributed by atoms with van der Waals surface area (Å²) in [7, 11) is -3.88. The zero-order valence-corrected chi connectivity index (χ0v) is 13.5. The maximum absolute atomic E-state index is 12.4. The molecule has 21 heavy (non-hydrogen) atoms. The summed E-state index contributed by atoms with van der Waals surface area (Å²) in [5.74, 6) is 0. The maximum atomic E-state index is 12.4. The molecular formula is C11H14ClN3O4S2. The normalized spacial score (nSPS) is 26.7. The lowest BCUT2D eigenvalue weighted by molar-refractivity contribution is -0.0228. The van der Waals surface area contributed by atoms with E-state index < -0.39 is 21.7 Å². The molecule has 0 radical (unpaired) electrons. The highest BCUT2D eigenvalue weighted by molar-refractivity contribution is 7.89. The summed E-state index contributed by atoms with van der Waals surface area (Å²) >= 11 is 7.21. The van der Waals surface area contributed by atoms with Crippen LogP contribution < -0.4 is 4.72 Å². The molecule has 1 aliphatic heterocycles. The third-order valence-electron chi connectivity index (χ3n) is 3.66. The van der Waals surface area contributed by atoms with Gasteiger partial charge >= 0.3 is 0 Å². The van der Waals surface area contributed by atoms with Crippen LogP contribution in [0, 0.1) is 0 Å². The van der Waals surface area contributed by atoms with Crippen LogP contribution in [0.1, 0.15) is 13.3 Å². The molecule has 0 saturated carbocycles. The van der Waals surface area contributed by atoms with Gasteiger partial charge < -0.3 is 9.84 Å². The Kier molecular flexibility index (Phi) is 3.75. The third kappa shape index (κ3) is 2.58. The minimum Gasteiger partial charge on any atom is -0.386 e. The van der Waals surface area contributed by atoms with E-state index in [1.807, 2.05) is 0 Å². The molecule has 0 spiro atoms. The van der Waals surface area contributed by atoms with Crippen LogP contribution in [-0.2, 0) is 14.8 Å². The molecule has 3 rings (SSSR count). The Morgan fingerprint density at radius 1 is 1.71 bits per heavy atom. The molecule has 3 heterocycles. The highest BCUT2D eigenvalue weighted by Gasteiger charge is 2.41. The van der Waals surface area contributed by atoms with Crippen LogP contribution in [0.15, 0.2) is 16.6 Å². The Morgan fingerprint density at radius 3 is 3.14 bits per heavy atom. The Labute approximate surface area is 130 Å². The summed E-state index contributed by atoms with van der Waals surface area (Å²) in [5, 5.41) is 11.9. The summed E-state index contributed by atoms with van der Waals surface area (Å²) in [6, 6.07) is 0. The zero-order chi connectivity index (χ0) is 15.3. The van der Waals surface area contributed by atoms with Crippen molar-refractivity contribution in [1.82, 2.24) is 14.1 Å². The molecule has 0 aliphatic carbocycles. The van der Waals surface area contributed by atoms with Crippen LogP contribution in [0.25, 0.3) is 4.96 Å². The molecule has 2 unspecified atom stereocenters. The van der Waals surface area contributed by atoms with Crippen LogP contribution in [0.3, 0.4) is 0 Å². The van der Waals surface area contributed by atoms with Gasteiger partial charge in [-0.05, 0) is 6.92 Å². The SMILES string of the molecule is CC1OCCC1(O)CNS(=O)(=O)c1c(Cl)nc2sccn12. The van der Waals surface area contributed by atoms with Crippen LogP contribution in [0.2, 0.25) is 5.15 Å². The van der Waals surface area contributed by atoms with E-state index in [0.717, 1.165) is 0 Å². The quantitative estimate of drug-likeness (QED) is 0.852. The first kappa shape index (κ1) is 15.2. The molecular weight excluding hydrogens is 338 g/mol. The number of sulfonamides is 1. The lowest BCUT2D eigenvalue weighted by Gasteiger charge is -2.25. The molecule has 0 aromatic carbocycles. The van der Waals surface area contributed by atoms with E-state index in [4.69, 9.17) is 16.3 Å². The van der Waals surface area contributed by atoms with Gasteiger partial charge in [-0.25, -0.2) is 18.1 Å². The molecule has 7 nitrogen and oxygen atoms in total. The lowest BCUT2D eigenvalue weighted by atomic mass is 9.97. The highest BCUT2D eigenvalue weighted by atomic mass is 35.5. The van der Waals surface area contributed by atoms with E-state index >= 15 is 0 Å². The van der Waals surface area contributed by atoms with Crippen LogP contribution in [0.4, 0.5) is 0 Å². The average Bonchev–Trinajstić information content (AvgIpc) is 3.03. The standard InChI is InChI=1S/C11H14ClN3O4S2/c1-7-11(16,2-4-19-7)6-13-21(17,18)9-8(12)14-10-15(9)3-5-20-10/h3,5,7,13,16H,2,4,6H2,1H3. The van der Waals surface area contributed by atoms with Crippen molar-refractivity contribution in [3.05, 3.63) is 16.7 Å². The van der Waals surface area contributed by atoms with Gasteiger partial charge in [0.2, 0.25) is 0 Å². The number of imidazole rings is 1. The average molecular weight is 352 g/mol. The molecule has 0 bridgehead atoms. The number of thiazole rings is 1. The number of rotatable bonds is 4. The van der Waals surface area contributed by atoms with E-state index in [0.29, 0.717) is 18.0 Å². The first-order chi connectivity index (χ1) is 9.83. The fourth-order valence-corrected chi connectivity index (χ4v) is 4.82. The van der Waals surface area contributed by atoms with Gasteiger partial charge in [0.1, 0.15) is 5.60 Å². The molecule has 1 saturated heterocycles. The molecule has 1 fully saturated rings. The lowest BCUT2D eigenvalue weighted by Crippen LogP contribution is -2.47. The van der Waals surface area contributed by atoms with Crippen LogP contribution in [-0.4, -0.2) is 47.8 Å². The number of hydrogen-bond donors (Lipinski definition) is 2. The van der Waals surface area contributed by atoms with Gasteiger partial charge in [-0.3, -0.25) is 4.40 Å². The van der Waals surface area contributed by atoms with Crippen molar-refractivity contribution in [2.24, 2.45) is 0 Å². The Morgan fingerprint density at radius 2 is 2.48 bits per heavy atom. The van der Waals surface area contributed by atoms with Crippen molar-refractivity contribution in [2.45, 2.75) is 30.1 Å². The minimum atomic E-state index is -3.88. The topological polar surface area (TPSA) is 92.9 Å². The van der Waals surface area contributed by atoms with Crippen molar-refractivity contribution in [1.29, 1.82) is 0 Å². The largest absolute Gasteiger partial charge is 0.386 e. The van der Waals surface area contributed by atoms with Gasteiger partial charge in [-0.15, -0.1) is 11.3 Å². The molecule has 10 heteroatoms. The summed E-state index contributed by atoms with van der Waals surface area (Å²) in [6.07, 6.45) is 1.54. The zero-order valence-electron chi connectivity index (χ0n) is 11.1. The number of fused-ring (bicyclic) bond motifs is 1.